The molecule has 9 aromatic heterocycles. The van der Waals surface area contributed by atoms with Gasteiger partial charge in [0.1, 0.15) is 43.4 Å². The van der Waals surface area contributed by atoms with E-state index in [0.29, 0.717) is 61.8 Å². The highest BCUT2D eigenvalue weighted by molar-refractivity contribution is 7.23. The second kappa shape index (κ2) is 27.0. The van der Waals surface area contributed by atoms with E-state index in [0.717, 1.165) is 155 Å². The first-order valence-corrected chi connectivity index (χ1v) is 33.5. The molecule has 0 spiro atoms. The van der Waals surface area contributed by atoms with Crippen molar-refractivity contribution in [3.05, 3.63) is 101 Å². The Morgan fingerprint density at radius 1 is 0.562 bits per heavy atom. The predicted octanol–water partition coefficient (Wildman–Crippen LogP) is 12.9. The summed E-state index contributed by atoms with van der Waals surface area (Å²) in [6, 6.07) is 8.07. The van der Waals surface area contributed by atoms with Gasteiger partial charge in [0.25, 0.3) is 0 Å². The minimum absolute atomic E-state index is 0.345. The molecule has 4 aliphatic rings. The van der Waals surface area contributed by atoms with Crippen molar-refractivity contribution in [1.29, 1.82) is 0 Å². The Bertz CT molecular complexity index is 3520. The molecule has 1 saturated heterocycles. The number of nitrogens with one attached hydrogen (secondary N) is 4. The van der Waals surface area contributed by atoms with E-state index in [9.17, 15) is 14.4 Å². The summed E-state index contributed by atoms with van der Waals surface area (Å²) in [6.07, 6.45) is 22.1. The zero-order valence-electron chi connectivity index (χ0n) is 46.0. The van der Waals surface area contributed by atoms with Crippen LogP contribution in [0.1, 0.15) is 125 Å². The molecule has 4 aliphatic heterocycles. The van der Waals surface area contributed by atoms with Crippen LogP contribution in [0.15, 0.2) is 55.2 Å². The lowest BCUT2D eigenvalue weighted by molar-refractivity contribution is -0.119. The number of carbonyl (C=O) groups is 3. The molecule has 80 heavy (non-hydrogen) atoms. The number of thiazole rings is 3. The third-order valence-corrected chi connectivity index (χ3v) is 22.1. The van der Waals surface area contributed by atoms with Gasteiger partial charge in [0.05, 0.1) is 26.5 Å². The van der Waals surface area contributed by atoms with Crippen molar-refractivity contribution >= 4 is 116 Å². The molecule has 13 heterocycles. The zero-order valence-corrected chi connectivity index (χ0v) is 50.9. The van der Waals surface area contributed by atoms with Gasteiger partial charge in [-0.3, -0.25) is 24.4 Å². The Labute approximate surface area is 492 Å². The van der Waals surface area contributed by atoms with Crippen LogP contribution >= 0.6 is 68.0 Å². The van der Waals surface area contributed by atoms with E-state index < -0.39 is 0 Å². The number of rotatable bonds is 20. The molecule has 0 atom stereocenters. The van der Waals surface area contributed by atoms with Crippen LogP contribution in [0.2, 0.25) is 0 Å². The summed E-state index contributed by atoms with van der Waals surface area (Å²) >= 11 is 10.5. The molecule has 0 saturated carbocycles. The number of ketones is 3. The summed E-state index contributed by atoms with van der Waals surface area (Å²) in [5.74, 6) is 2.49. The topological polar surface area (TPSA) is 177 Å². The Hall–Kier alpha value is -4.93. The van der Waals surface area contributed by atoms with Gasteiger partial charge in [0.2, 0.25) is 0 Å². The second-order valence-corrected chi connectivity index (χ2v) is 28.4. The molecule has 0 unspecified atom stereocenters. The van der Waals surface area contributed by atoms with E-state index in [4.69, 9.17) is 15.0 Å². The van der Waals surface area contributed by atoms with Crippen LogP contribution in [0, 0.1) is 11.8 Å². The van der Waals surface area contributed by atoms with Crippen molar-refractivity contribution in [3.63, 3.8) is 0 Å². The molecule has 0 amide bonds. The number of nitrogens with zero attached hydrogens (tertiary/aromatic N) is 6. The van der Waals surface area contributed by atoms with Crippen molar-refractivity contribution in [3.8, 4) is 31.7 Å². The molecule has 418 valence electrons. The highest BCUT2D eigenvalue weighted by Gasteiger charge is 2.29. The van der Waals surface area contributed by atoms with Crippen molar-refractivity contribution in [1.82, 2.24) is 51.2 Å². The maximum Gasteiger partial charge on any atom is 0.170 e. The number of thiophene rings is 3. The van der Waals surface area contributed by atoms with Gasteiger partial charge in [-0.2, -0.15) is 0 Å². The lowest BCUT2D eigenvalue weighted by atomic mass is 9.95. The molecule has 1 fully saturated rings. The first-order chi connectivity index (χ1) is 39.1. The van der Waals surface area contributed by atoms with Crippen LogP contribution < -0.4 is 21.3 Å². The number of unbranched alkanes of at least 4 members (excludes halogenated alkanes) is 1. The number of pyridine rings is 3. The van der Waals surface area contributed by atoms with Crippen molar-refractivity contribution in [2.45, 2.75) is 137 Å². The molecule has 4 N–H and O–H groups in total. The molecule has 13 rings (SSSR count). The molecular weight excluding hydrogens is 1110 g/mol. The quantitative estimate of drug-likeness (QED) is 0.0568. The van der Waals surface area contributed by atoms with Gasteiger partial charge in [-0.25, -0.2) is 19.9 Å². The minimum Gasteiger partial charge on any atom is -0.316 e. The summed E-state index contributed by atoms with van der Waals surface area (Å²) < 4.78 is 3.42. The highest BCUT2D eigenvalue weighted by Crippen LogP contribution is 2.45. The van der Waals surface area contributed by atoms with Crippen molar-refractivity contribution in [2.24, 2.45) is 11.8 Å². The third kappa shape index (κ3) is 13.6. The van der Waals surface area contributed by atoms with E-state index in [2.05, 4.69) is 63.1 Å². The number of fused-ring (bicyclic) bond motifs is 6. The highest BCUT2D eigenvalue weighted by atomic mass is 32.1. The smallest absolute Gasteiger partial charge is 0.170 e. The van der Waals surface area contributed by atoms with E-state index >= 15 is 0 Å². The van der Waals surface area contributed by atoms with Gasteiger partial charge in [-0.1, -0.05) is 33.6 Å². The fourth-order valence-electron chi connectivity index (χ4n) is 11.0. The van der Waals surface area contributed by atoms with E-state index in [1.54, 1.807) is 62.9 Å². The number of Topliss-reactive ketones (excluding diaryl/α,β-unsaturated/α-hetero) is 3. The number of aromatic nitrogens is 6. The van der Waals surface area contributed by atoms with Gasteiger partial charge in [0.15, 0.2) is 5.65 Å². The Kier molecular flexibility index (Phi) is 19.2. The second-order valence-electron chi connectivity index (χ2n) is 21.7. The van der Waals surface area contributed by atoms with Crippen molar-refractivity contribution in [2.75, 3.05) is 32.7 Å². The molecule has 0 aromatic carbocycles. The van der Waals surface area contributed by atoms with Crippen LogP contribution in [-0.4, -0.2) is 80.0 Å². The molecule has 9 aromatic rings. The van der Waals surface area contributed by atoms with E-state index in [1.165, 1.54) is 69.1 Å². The number of carbonyl (C=O) groups excluding carboxylic acids is 3. The van der Waals surface area contributed by atoms with Gasteiger partial charge >= 0.3 is 0 Å². The van der Waals surface area contributed by atoms with Crippen LogP contribution in [0.4, 0.5) is 0 Å². The minimum atomic E-state index is 0.345. The summed E-state index contributed by atoms with van der Waals surface area (Å²) in [7, 11) is 0. The van der Waals surface area contributed by atoms with Crippen molar-refractivity contribution < 1.29 is 14.4 Å². The molecule has 0 bridgehead atoms. The maximum absolute atomic E-state index is 12.7. The zero-order chi connectivity index (χ0) is 55.0. The first-order valence-electron chi connectivity index (χ1n) is 28.6. The molecular formula is C61H70N10O3S6. The lowest BCUT2D eigenvalue weighted by Gasteiger charge is -2.26. The Morgan fingerprint density at radius 2 is 1.04 bits per heavy atom. The van der Waals surface area contributed by atoms with E-state index in [-0.39, 0.29) is 0 Å². The van der Waals surface area contributed by atoms with Crippen LogP contribution in [-0.2, 0) is 72.5 Å². The van der Waals surface area contributed by atoms with Gasteiger partial charge in [0, 0.05) is 123 Å². The SMILES string of the molecule is CC(C)CCCC(=O)Cc1sc2c(c1-c1nc3ncccc3s1)CCNC2.CCCCC(=O)Cc1sc2c(c1-c1nc3cnccc3s1)CCNC2.O=C(CCCC1CNC1)Cc1sc2c(c1-c1nc3cnccc3s1)CCNC2. The average molecular weight is 1180 g/mol. The molecule has 0 aliphatic carbocycles. The summed E-state index contributed by atoms with van der Waals surface area (Å²) in [6.45, 7) is 14.5. The van der Waals surface area contributed by atoms with Gasteiger partial charge < -0.3 is 21.3 Å². The lowest BCUT2D eigenvalue weighted by Crippen LogP contribution is -2.41. The van der Waals surface area contributed by atoms with E-state index in [1.807, 2.05) is 54.3 Å². The summed E-state index contributed by atoms with van der Waals surface area (Å²) in [4.78, 5) is 72.7. The summed E-state index contributed by atoms with van der Waals surface area (Å²) in [5.41, 5.74) is 10.6. The normalized spacial score (nSPS) is 15.0. The fourth-order valence-corrected chi connectivity index (χ4v) is 18.3. The third-order valence-electron chi connectivity index (χ3n) is 15.2. The van der Waals surface area contributed by atoms with Crippen LogP contribution in [0.5, 0.6) is 0 Å². The predicted molar refractivity (Wildman–Crippen MR) is 333 cm³/mol. The van der Waals surface area contributed by atoms with Crippen LogP contribution in [0.25, 0.3) is 62.5 Å². The summed E-state index contributed by atoms with van der Waals surface area (Å²) in [5, 5.41) is 16.8. The molecule has 19 heteroatoms. The molecule has 0 radical (unpaired) electrons. The number of hydrogen-bond donors (Lipinski definition) is 4. The molecule has 13 nitrogen and oxygen atoms in total. The Balaban J connectivity index is 0.000000127. The standard InChI is InChI=1S/C21H24N4OS2.C21H25N3OS2.C19H21N3OS2/c26-14(3-1-2-13-9-24-10-13)8-18-20(15-4-6-23-12-19(15)27-18)21-25-16-11-22-7-5-17(16)28-21;1-13(2)5-3-6-14(25)11-17-19(15-8-10-22-12-18(15)26-17)21-24-20-16(27-21)7-4-9-23-20;1-2-3-4-12(23)9-16-18(13-5-7-21-11-17(13)24-16)19-22-14-10-20-8-6-15(14)25-19/h5,7,11,13,23-24H,1-4,6,8-10,12H2;4,7,9,13,22H,3,5-6,8,10-12H2,1-2H3;6,8,10,21H,2-5,7,9,11H2,1H3. The fraction of sp³-hybridized carbons (Fsp3) is 0.459. The average Bonchev–Trinajstić information content (AvgIpc) is 4.44. The van der Waals surface area contributed by atoms with Crippen LogP contribution in [0.3, 0.4) is 0 Å². The largest absolute Gasteiger partial charge is 0.316 e. The number of hydrogen-bond acceptors (Lipinski definition) is 19. The van der Waals surface area contributed by atoms with Gasteiger partial charge in [-0.05, 0) is 130 Å². The first kappa shape index (κ1) is 56.9. The monoisotopic (exact) mass is 1180 g/mol. The maximum atomic E-state index is 12.7. The Morgan fingerprint density at radius 3 is 1.49 bits per heavy atom. The van der Waals surface area contributed by atoms with Gasteiger partial charge in [-0.15, -0.1) is 68.0 Å².